The topological polar surface area (TPSA) is 52.7 Å². The van der Waals surface area contributed by atoms with Crippen molar-refractivity contribution in [2.75, 3.05) is 31.1 Å². The molecular formula is C19H26ClN3O2. The summed E-state index contributed by atoms with van der Waals surface area (Å²) in [6, 6.07) is 4.10. The maximum Gasteiger partial charge on any atom is 0.242 e. The molecule has 0 spiro atoms. The number of amides is 2. The first-order chi connectivity index (χ1) is 12.0. The molecule has 1 unspecified atom stereocenters. The number of hydrogen-bond acceptors (Lipinski definition) is 3. The van der Waals surface area contributed by atoms with Gasteiger partial charge in [-0.1, -0.05) is 17.7 Å². The molecule has 1 aromatic rings. The van der Waals surface area contributed by atoms with Crippen LogP contribution >= 0.6 is 11.6 Å². The van der Waals surface area contributed by atoms with E-state index in [-0.39, 0.29) is 17.9 Å². The highest BCUT2D eigenvalue weighted by Gasteiger charge is 2.27. The van der Waals surface area contributed by atoms with Gasteiger partial charge >= 0.3 is 0 Å². The van der Waals surface area contributed by atoms with Gasteiger partial charge in [-0.25, -0.2) is 0 Å². The lowest BCUT2D eigenvalue weighted by atomic mass is 9.98. The van der Waals surface area contributed by atoms with Gasteiger partial charge in [0.1, 0.15) is 0 Å². The first kappa shape index (κ1) is 18.1. The third kappa shape index (κ3) is 4.09. The molecule has 1 aromatic carbocycles. The predicted molar refractivity (Wildman–Crippen MR) is 100 cm³/mol. The number of benzene rings is 1. The summed E-state index contributed by atoms with van der Waals surface area (Å²) >= 11 is 6.30. The Balaban J connectivity index is 1.70. The zero-order valence-corrected chi connectivity index (χ0v) is 15.7. The van der Waals surface area contributed by atoms with Crippen LogP contribution in [0.15, 0.2) is 12.1 Å². The number of likely N-dealkylation sites (tertiary alicyclic amines) is 1. The lowest BCUT2D eigenvalue weighted by Gasteiger charge is -2.37. The second kappa shape index (κ2) is 7.65. The maximum absolute atomic E-state index is 12.8. The van der Waals surface area contributed by atoms with Gasteiger partial charge in [0.2, 0.25) is 11.8 Å². The molecule has 0 bridgehead atoms. The normalized spacial score (nSPS) is 20.2. The van der Waals surface area contributed by atoms with Crippen LogP contribution in [0.2, 0.25) is 5.02 Å². The van der Waals surface area contributed by atoms with E-state index in [4.69, 9.17) is 11.6 Å². The molecule has 1 saturated heterocycles. The fraction of sp³-hybridized carbons (Fsp3) is 0.579. The van der Waals surface area contributed by atoms with Gasteiger partial charge in [-0.2, -0.15) is 0 Å². The fourth-order valence-corrected chi connectivity index (χ4v) is 4.13. The van der Waals surface area contributed by atoms with E-state index in [0.29, 0.717) is 13.1 Å². The summed E-state index contributed by atoms with van der Waals surface area (Å²) in [5, 5.41) is 3.69. The van der Waals surface area contributed by atoms with Crippen molar-refractivity contribution in [2.45, 2.75) is 45.6 Å². The third-order valence-electron chi connectivity index (χ3n) is 5.15. The Kier molecular flexibility index (Phi) is 5.52. The molecule has 2 heterocycles. The van der Waals surface area contributed by atoms with Gasteiger partial charge in [0.15, 0.2) is 0 Å². The van der Waals surface area contributed by atoms with Crippen molar-refractivity contribution in [1.29, 1.82) is 0 Å². The van der Waals surface area contributed by atoms with Crippen LogP contribution in [0.3, 0.4) is 0 Å². The van der Waals surface area contributed by atoms with Crippen LogP contribution in [0.1, 0.15) is 37.3 Å². The van der Waals surface area contributed by atoms with Gasteiger partial charge in [-0.05, 0) is 49.8 Å². The molecule has 0 saturated carbocycles. The summed E-state index contributed by atoms with van der Waals surface area (Å²) in [6.45, 7) is 6.18. The van der Waals surface area contributed by atoms with Crippen molar-refractivity contribution in [2.24, 2.45) is 0 Å². The van der Waals surface area contributed by atoms with E-state index in [0.717, 1.165) is 55.0 Å². The first-order valence-electron chi connectivity index (χ1n) is 9.03. The lowest BCUT2D eigenvalue weighted by Crippen LogP contribution is -2.51. The number of nitrogens with zero attached hydrogens (tertiary/aromatic N) is 2. The van der Waals surface area contributed by atoms with Crippen LogP contribution in [-0.2, 0) is 16.0 Å². The first-order valence-corrected chi connectivity index (χ1v) is 9.41. The van der Waals surface area contributed by atoms with Crippen LogP contribution in [0.5, 0.6) is 0 Å². The summed E-state index contributed by atoms with van der Waals surface area (Å²) < 4.78 is 0. The van der Waals surface area contributed by atoms with Crippen LogP contribution in [-0.4, -0.2) is 48.9 Å². The van der Waals surface area contributed by atoms with Crippen LogP contribution in [0.25, 0.3) is 0 Å². The Labute approximate surface area is 154 Å². The van der Waals surface area contributed by atoms with Gasteiger partial charge in [0.25, 0.3) is 0 Å². The summed E-state index contributed by atoms with van der Waals surface area (Å²) in [5.41, 5.74) is 3.46. The van der Waals surface area contributed by atoms with Crippen molar-refractivity contribution in [1.82, 2.24) is 10.2 Å². The number of aryl methyl sites for hydroxylation is 1. The number of fused-ring (bicyclic) bond motifs is 1. The highest BCUT2D eigenvalue weighted by molar-refractivity contribution is 6.31. The minimum absolute atomic E-state index is 0.0328. The fourth-order valence-electron chi connectivity index (χ4n) is 3.98. The van der Waals surface area contributed by atoms with Crippen molar-refractivity contribution in [3.63, 3.8) is 0 Å². The molecule has 1 fully saturated rings. The predicted octanol–water partition coefficient (Wildman–Crippen LogP) is 2.53. The van der Waals surface area contributed by atoms with E-state index in [1.165, 1.54) is 12.5 Å². The van der Waals surface area contributed by atoms with Crippen molar-refractivity contribution in [3.05, 3.63) is 28.3 Å². The molecule has 0 radical (unpaired) electrons. The minimum Gasteiger partial charge on any atom is -0.362 e. The average Bonchev–Trinajstić information content (AvgIpc) is 2.58. The number of piperidine rings is 1. The minimum atomic E-state index is -0.0328. The summed E-state index contributed by atoms with van der Waals surface area (Å²) in [4.78, 5) is 28.2. The van der Waals surface area contributed by atoms with Crippen LogP contribution in [0.4, 0.5) is 5.69 Å². The average molecular weight is 364 g/mol. The number of rotatable bonds is 3. The molecule has 2 amide bonds. The zero-order valence-electron chi connectivity index (χ0n) is 15.0. The molecule has 6 heteroatoms. The second-order valence-electron chi connectivity index (χ2n) is 7.08. The van der Waals surface area contributed by atoms with Crippen molar-refractivity contribution in [3.8, 4) is 0 Å². The van der Waals surface area contributed by atoms with E-state index >= 15 is 0 Å². The number of halogens is 1. The number of nitrogens with one attached hydrogen (secondary N) is 1. The molecule has 3 rings (SSSR count). The molecule has 25 heavy (non-hydrogen) atoms. The van der Waals surface area contributed by atoms with Gasteiger partial charge in [0, 0.05) is 43.3 Å². The molecule has 0 aliphatic carbocycles. The molecule has 2 aliphatic rings. The number of anilines is 1. The standard InChI is InChI=1S/C19H26ClN3O2/c1-13-17(20)8-7-15-5-3-10-23(19(13)15)12-18(25)22-9-4-6-16(11-22)21-14(2)24/h7-8,16H,3-6,9-12H2,1-2H3,(H,21,24). The Morgan fingerprint density at radius 2 is 2.08 bits per heavy atom. The number of carbonyl (C=O) groups excluding carboxylic acids is 2. The number of hydrogen-bond donors (Lipinski definition) is 1. The van der Waals surface area contributed by atoms with E-state index in [9.17, 15) is 9.59 Å². The molecule has 5 nitrogen and oxygen atoms in total. The Hall–Kier alpha value is -1.75. The number of carbonyl (C=O) groups is 2. The van der Waals surface area contributed by atoms with E-state index in [1.54, 1.807) is 0 Å². The van der Waals surface area contributed by atoms with Crippen LogP contribution in [0, 0.1) is 6.92 Å². The quantitative estimate of drug-likeness (QED) is 0.897. The van der Waals surface area contributed by atoms with Crippen molar-refractivity contribution >= 4 is 29.1 Å². The van der Waals surface area contributed by atoms with Crippen LogP contribution < -0.4 is 10.2 Å². The largest absolute Gasteiger partial charge is 0.362 e. The Bertz CT molecular complexity index is 677. The van der Waals surface area contributed by atoms with Gasteiger partial charge in [0.05, 0.1) is 6.54 Å². The molecule has 1 N–H and O–H groups in total. The summed E-state index contributed by atoms with van der Waals surface area (Å²) in [5.74, 6) is 0.0943. The Morgan fingerprint density at radius 1 is 1.28 bits per heavy atom. The SMILES string of the molecule is CC(=O)NC1CCCN(C(=O)CN2CCCc3ccc(Cl)c(C)c32)C1. The summed E-state index contributed by atoms with van der Waals surface area (Å²) in [6.07, 6.45) is 3.95. The highest BCUT2D eigenvalue weighted by atomic mass is 35.5. The van der Waals surface area contributed by atoms with Crippen molar-refractivity contribution < 1.29 is 9.59 Å². The zero-order chi connectivity index (χ0) is 18.0. The monoisotopic (exact) mass is 363 g/mol. The van der Waals surface area contributed by atoms with E-state index in [2.05, 4.69) is 16.3 Å². The maximum atomic E-state index is 12.8. The molecular weight excluding hydrogens is 338 g/mol. The molecule has 136 valence electrons. The van der Waals surface area contributed by atoms with E-state index < -0.39 is 0 Å². The lowest BCUT2D eigenvalue weighted by molar-refractivity contribution is -0.132. The molecule has 2 aliphatic heterocycles. The van der Waals surface area contributed by atoms with Gasteiger partial charge in [-0.15, -0.1) is 0 Å². The highest BCUT2D eigenvalue weighted by Crippen LogP contribution is 2.34. The third-order valence-corrected chi connectivity index (χ3v) is 5.56. The molecule has 0 aromatic heterocycles. The smallest absolute Gasteiger partial charge is 0.242 e. The van der Waals surface area contributed by atoms with E-state index in [1.807, 2.05) is 17.9 Å². The van der Waals surface area contributed by atoms with Gasteiger partial charge < -0.3 is 15.1 Å². The summed E-state index contributed by atoms with van der Waals surface area (Å²) in [7, 11) is 0. The Morgan fingerprint density at radius 3 is 2.84 bits per heavy atom. The van der Waals surface area contributed by atoms with Gasteiger partial charge in [-0.3, -0.25) is 9.59 Å². The molecule has 1 atom stereocenters. The second-order valence-corrected chi connectivity index (χ2v) is 7.49.